The van der Waals surface area contributed by atoms with E-state index >= 15 is 0 Å². The minimum absolute atomic E-state index is 0.0485. The highest BCUT2D eigenvalue weighted by molar-refractivity contribution is 7.07. The summed E-state index contributed by atoms with van der Waals surface area (Å²) in [5.41, 5.74) is 0.247. The average molecular weight is 278 g/mol. The maximum Gasteiger partial charge on any atom is 0.330 e. The third-order valence-corrected chi connectivity index (χ3v) is 3.69. The van der Waals surface area contributed by atoms with Crippen molar-refractivity contribution in [3.05, 3.63) is 55.0 Å². The van der Waals surface area contributed by atoms with Crippen LogP contribution in [0.2, 0.25) is 0 Å². The molecule has 2 rings (SSSR count). The van der Waals surface area contributed by atoms with Crippen LogP contribution >= 0.6 is 11.3 Å². The minimum Gasteiger partial charge on any atom is -0.299 e. The molecule has 0 saturated heterocycles. The largest absolute Gasteiger partial charge is 0.330 e. The van der Waals surface area contributed by atoms with Gasteiger partial charge in [-0.25, -0.2) is 4.79 Å². The third-order valence-electron chi connectivity index (χ3n) is 2.95. The SMILES string of the molecule is CC(=O)c1cn(CCc2ccsc2)c(=O)n(C)c1=O. The van der Waals surface area contributed by atoms with E-state index < -0.39 is 11.2 Å². The van der Waals surface area contributed by atoms with Crippen molar-refractivity contribution in [2.24, 2.45) is 7.05 Å². The van der Waals surface area contributed by atoms with E-state index in [1.807, 2.05) is 16.8 Å². The summed E-state index contributed by atoms with van der Waals surface area (Å²) in [6.07, 6.45) is 2.05. The lowest BCUT2D eigenvalue weighted by atomic mass is 10.2. The molecule has 2 aromatic rings. The van der Waals surface area contributed by atoms with Crippen LogP contribution in [0.15, 0.2) is 32.6 Å². The zero-order valence-electron chi connectivity index (χ0n) is 10.8. The minimum atomic E-state index is -0.538. The summed E-state index contributed by atoms with van der Waals surface area (Å²) in [4.78, 5) is 35.1. The van der Waals surface area contributed by atoms with E-state index in [2.05, 4.69) is 0 Å². The van der Waals surface area contributed by atoms with Crippen molar-refractivity contribution in [2.75, 3.05) is 0 Å². The van der Waals surface area contributed by atoms with Gasteiger partial charge in [-0.15, -0.1) is 0 Å². The van der Waals surface area contributed by atoms with Gasteiger partial charge in [-0.2, -0.15) is 11.3 Å². The summed E-state index contributed by atoms with van der Waals surface area (Å²) >= 11 is 1.60. The van der Waals surface area contributed by atoms with Crippen LogP contribution in [0.1, 0.15) is 22.8 Å². The van der Waals surface area contributed by atoms with E-state index in [4.69, 9.17) is 0 Å². The molecule has 0 radical (unpaired) electrons. The first-order valence-electron chi connectivity index (χ1n) is 5.83. The number of carbonyl (C=O) groups is 1. The smallest absolute Gasteiger partial charge is 0.299 e. The average Bonchev–Trinajstić information content (AvgIpc) is 2.88. The van der Waals surface area contributed by atoms with E-state index in [0.29, 0.717) is 13.0 Å². The van der Waals surface area contributed by atoms with Gasteiger partial charge < -0.3 is 0 Å². The second kappa shape index (κ2) is 5.36. The molecule has 0 aliphatic rings. The zero-order valence-corrected chi connectivity index (χ0v) is 11.6. The molecule has 5 nitrogen and oxygen atoms in total. The molecule has 0 saturated carbocycles. The first-order chi connectivity index (χ1) is 9.00. The van der Waals surface area contributed by atoms with Crippen LogP contribution in [0.3, 0.4) is 0 Å². The van der Waals surface area contributed by atoms with Crippen LogP contribution in [0.4, 0.5) is 0 Å². The molecule has 6 heteroatoms. The summed E-state index contributed by atoms with van der Waals surface area (Å²) < 4.78 is 2.39. The zero-order chi connectivity index (χ0) is 14.0. The summed E-state index contributed by atoms with van der Waals surface area (Å²) in [5, 5.41) is 3.98. The highest BCUT2D eigenvalue weighted by Gasteiger charge is 2.12. The van der Waals surface area contributed by atoms with E-state index in [-0.39, 0.29) is 11.3 Å². The molecule has 2 heterocycles. The van der Waals surface area contributed by atoms with Crippen molar-refractivity contribution in [1.82, 2.24) is 9.13 Å². The van der Waals surface area contributed by atoms with Crippen LogP contribution < -0.4 is 11.2 Å². The molecule has 0 N–H and O–H groups in total. The number of hydrogen-bond donors (Lipinski definition) is 0. The van der Waals surface area contributed by atoms with Crippen molar-refractivity contribution >= 4 is 17.1 Å². The van der Waals surface area contributed by atoms with Gasteiger partial charge in [-0.3, -0.25) is 18.7 Å². The van der Waals surface area contributed by atoms with E-state index in [0.717, 1.165) is 10.1 Å². The highest BCUT2D eigenvalue weighted by Crippen LogP contribution is 2.07. The molecular weight excluding hydrogens is 264 g/mol. The Morgan fingerprint density at radius 1 is 1.37 bits per heavy atom. The Balaban J connectivity index is 2.38. The monoisotopic (exact) mass is 278 g/mol. The first kappa shape index (κ1) is 13.5. The van der Waals surface area contributed by atoms with Gasteiger partial charge in [0.05, 0.1) is 5.56 Å². The van der Waals surface area contributed by atoms with Gasteiger partial charge in [0.15, 0.2) is 5.78 Å². The second-order valence-corrected chi connectivity index (χ2v) is 5.10. The number of hydrogen-bond acceptors (Lipinski definition) is 4. The molecule has 0 aliphatic carbocycles. The number of Topliss-reactive ketones (excluding diaryl/α,β-unsaturated/α-hetero) is 1. The molecular formula is C13H14N2O3S. The number of ketones is 1. The standard InChI is InChI=1S/C13H14N2O3S/c1-9(16)11-7-15(13(18)14(2)12(11)17)5-3-10-4-6-19-8-10/h4,6-8H,3,5H2,1-2H3. The van der Waals surface area contributed by atoms with Crippen LogP contribution in [-0.4, -0.2) is 14.9 Å². The van der Waals surface area contributed by atoms with Gasteiger partial charge in [-0.1, -0.05) is 0 Å². The molecule has 0 atom stereocenters. The van der Waals surface area contributed by atoms with Crippen molar-refractivity contribution in [1.29, 1.82) is 0 Å². The predicted octanol–water partition coefficient (Wildman–Crippen LogP) is 1.05. The number of thiophene rings is 1. The van der Waals surface area contributed by atoms with Gasteiger partial charge in [0, 0.05) is 19.8 Å². The lowest BCUT2D eigenvalue weighted by Gasteiger charge is -2.08. The quantitative estimate of drug-likeness (QED) is 0.785. The number of aryl methyl sites for hydroxylation is 2. The molecule has 0 fully saturated rings. The maximum atomic E-state index is 11.9. The fourth-order valence-electron chi connectivity index (χ4n) is 1.81. The molecule has 2 aromatic heterocycles. The van der Waals surface area contributed by atoms with Crippen LogP contribution in [-0.2, 0) is 20.0 Å². The fraction of sp³-hybridized carbons (Fsp3) is 0.308. The summed E-state index contributed by atoms with van der Waals surface area (Å²) in [7, 11) is 1.39. The Kier molecular flexibility index (Phi) is 3.80. The Hall–Kier alpha value is -1.95. The number of nitrogens with zero attached hydrogens (tertiary/aromatic N) is 2. The predicted molar refractivity (Wildman–Crippen MR) is 74.0 cm³/mol. The normalized spacial score (nSPS) is 10.6. The van der Waals surface area contributed by atoms with Gasteiger partial charge in [-0.05, 0) is 35.7 Å². The van der Waals surface area contributed by atoms with Crippen molar-refractivity contribution < 1.29 is 4.79 Å². The lowest BCUT2D eigenvalue weighted by Crippen LogP contribution is -2.40. The summed E-state index contributed by atoms with van der Waals surface area (Å²) in [5.74, 6) is -0.329. The molecule has 19 heavy (non-hydrogen) atoms. The van der Waals surface area contributed by atoms with Crippen LogP contribution in [0.25, 0.3) is 0 Å². The lowest BCUT2D eigenvalue weighted by molar-refractivity contribution is 0.101. The Labute approximate surface area is 113 Å². The number of rotatable bonds is 4. The Morgan fingerprint density at radius 3 is 2.68 bits per heavy atom. The van der Waals surface area contributed by atoms with Gasteiger partial charge >= 0.3 is 5.69 Å². The van der Waals surface area contributed by atoms with E-state index in [1.165, 1.54) is 24.7 Å². The van der Waals surface area contributed by atoms with E-state index in [9.17, 15) is 14.4 Å². The summed E-state index contributed by atoms with van der Waals surface area (Å²) in [6, 6.07) is 1.99. The van der Waals surface area contributed by atoms with Gasteiger partial charge in [0.2, 0.25) is 0 Å². The van der Waals surface area contributed by atoms with Crippen molar-refractivity contribution in [2.45, 2.75) is 19.9 Å². The number of aromatic nitrogens is 2. The molecule has 100 valence electrons. The summed E-state index contributed by atoms with van der Waals surface area (Å²) in [6.45, 7) is 1.77. The van der Waals surface area contributed by atoms with E-state index in [1.54, 1.807) is 11.3 Å². The Morgan fingerprint density at radius 2 is 2.11 bits per heavy atom. The highest BCUT2D eigenvalue weighted by atomic mass is 32.1. The Bertz CT molecular complexity index is 710. The van der Waals surface area contributed by atoms with Gasteiger partial charge in [0.25, 0.3) is 5.56 Å². The molecule has 0 unspecified atom stereocenters. The molecule has 0 spiro atoms. The molecule has 0 aliphatic heterocycles. The third kappa shape index (κ3) is 2.73. The number of carbonyl (C=O) groups excluding carboxylic acids is 1. The second-order valence-electron chi connectivity index (χ2n) is 4.32. The molecule has 0 bridgehead atoms. The van der Waals surface area contributed by atoms with Crippen LogP contribution in [0.5, 0.6) is 0 Å². The topological polar surface area (TPSA) is 61.1 Å². The van der Waals surface area contributed by atoms with Crippen LogP contribution in [0, 0.1) is 0 Å². The molecule has 0 amide bonds. The van der Waals surface area contributed by atoms with Gasteiger partial charge in [0.1, 0.15) is 0 Å². The fourth-order valence-corrected chi connectivity index (χ4v) is 2.52. The van der Waals surface area contributed by atoms with Crippen molar-refractivity contribution in [3.63, 3.8) is 0 Å². The maximum absolute atomic E-state index is 11.9. The molecule has 0 aromatic carbocycles. The first-order valence-corrected chi connectivity index (χ1v) is 6.77. The van der Waals surface area contributed by atoms with Crippen molar-refractivity contribution in [3.8, 4) is 0 Å².